The van der Waals surface area contributed by atoms with Crippen molar-refractivity contribution in [2.75, 3.05) is 39.3 Å². The van der Waals surface area contributed by atoms with Gasteiger partial charge in [-0.3, -0.25) is 9.80 Å². The average molecular weight is 183 g/mol. The van der Waals surface area contributed by atoms with Crippen LogP contribution in [-0.2, 0) is 0 Å². The van der Waals surface area contributed by atoms with E-state index in [0.717, 1.165) is 19.1 Å². The van der Waals surface area contributed by atoms with Gasteiger partial charge in [0.15, 0.2) is 0 Å². The van der Waals surface area contributed by atoms with E-state index >= 15 is 0 Å². The van der Waals surface area contributed by atoms with E-state index in [-0.39, 0.29) is 0 Å². The molecular formula is C10H21N3. The first kappa shape index (κ1) is 9.44. The Kier molecular flexibility index (Phi) is 3.19. The maximum Gasteiger partial charge on any atom is 0.0113 e. The first-order valence-corrected chi connectivity index (χ1v) is 5.56. The third-order valence-corrected chi connectivity index (χ3v) is 3.44. The maximum absolute atomic E-state index is 5.54. The van der Waals surface area contributed by atoms with Crippen molar-refractivity contribution in [1.29, 1.82) is 0 Å². The van der Waals surface area contributed by atoms with Crippen LogP contribution in [-0.4, -0.2) is 55.1 Å². The summed E-state index contributed by atoms with van der Waals surface area (Å²) in [6, 6.07) is 0.931. The molecule has 2 rings (SSSR count). The largest absolute Gasteiger partial charge is 0.329 e. The van der Waals surface area contributed by atoms with Crippen LogP contribution in [0.5, 0.6) is 0 Å². The molecule has 0 bridgehead atoms. The zero-order valence-corrected chi connectivity index (χ0v) is 8.41. The molecule has 1 saturated carbocycles. The summed E-state index contributed by atoms with van der Waals surface area (Å²) in [5, 5.41) is 0. The van der Waals surface area contributed by atoms with Crippen molar-refractivity contribution < 1.29 is 0 Å². The van der Waals surface area contributed by atoms with E-state index in [4.69, 9.17) is 5.73 Å². The predicted octanol–water partition coefficient (Wildman–Crippen LogP) is 0.115. The third-order valence-electron chi connectivity index (χ3n) is 3.44. The Bertz CT molecular complexity index is 148. The molecule has 0 radical (unpaired) electrons. The summed E-state index contributed by atoms with van der Waals surface area (Å²) >= 11 is 0. The molecule has 0 aromatic carbocycles. The van der Waals surface area contributed by atoms with Gasteiger partial charge in [-0.2, -0.15) is 0 Å². The molecule has 1 aliphatic carbocycles. The summed E-state index contributed by atoms with van der Waals surface area (Å²) in [7, 11) is 0. The summed E-state index contributed by atoms with van der Waals surface area (Å²) in [4.78, 5) is 5.14. The van der Waals surface area contributed by atoms with Crippen LogP contribution in [0, 0.1) is 0 Å². The number of hydrogen-bond donors (Lipinski definition) is 1. The molecular weight excluding hydrogens is 162 g/mol. The number of rotatable bonds is 3. The highest BCUT2D eigenvalue weighted by molar-refractivity contribution is 4.83. The minimum Gasteiger partial charge on any atom is -0.329 e. The molecule has 0 spiro atoms. The van der Waals surface area contributed by atoms with Gasteiger partial charge in [0.05, 0.1) is 0 Å². The zero-order valence-electron chi connectivity index (χ0n) is 8.41. The van der Waals surface area contributed by atoms with Crippen molar-refractivity contribution in [2.45, 2.75) is 25.3 Å². The molecule has 76 valence electrons. The van der Waals surface area contributed by atoms with Crippen molar-refractivity contribution in [3.8, 4) is 0 Å². The van der Waals surface area contributed by atoms with Gasteiger partial charge in [0, 0.05) is 45.3 Å². The minimum atomic E-state index is 0.809. The number of hydrogen-bond acceptors (Lipinski definition) is 3. The van der Waals surface area contributed by atoms with E-state index in [2.05, 4.69) is 9.80 Å². The Labute approximate surface area is 80.9 Å². The fourth-order valence-corrected chi connectivity index (χ4v) is 2.29. The maximum atomic E-state index is 5.54. The lowest BCUT2D eigenvalue weighted by molar-refractivity contribution is 0.0631. The molecule has 2 aliphatic rings. The van der Waals surface area contributed by atoms with Gasteiger partial charge in [0.2, 0.25) is 0 Å². The molecule has 1 saturated heterocycles. The number of nitrogens with two attached hydrogens (primary N) is 1. The van der Waals surface area contributed by atoms with Crippen LogP contribution in [0.4, 0.5) is 0 Å². The van der Waals surface area contributed by atoms with Crippen molar-refractivity contribution in [2.24, 2.45) is 5.73 Å². The quantitative estimate of drug-likeness (QED) is 0.674. The Morgan fingerprint density at radius 1 is 1.08 bits per heavy atom. The van der Waals surface area contributed by atoms with Crippen LogP contribution < -0.4 is 5.73 Å². The second kappa shape index (κ2) is 4.40. The van der Waals surface area contributed by atoms with E-state index in [1.165, 1.54) is 45.4 Å². The summed E-state index contributed by atoms with van der Waals surface area (Å²) in [5.74, 6) is 0. The van der Waals surface area contributed by atoms with Crippen LogP contribution in [0.15, 0.2) is 0 Å². The summed E-state index contributed by atoms with van der Waals surface area (Å²) < 4.78 is 0. The lowest BCUT2D eigenvalue weighted by atomic mass is 9.91. The van der Waals surface area contributed by atoms with Gasteiger partial charge >= 0.3 is 0 Å². The van der Waals surface area contributed by atoms with Crippen LogP contribution in [0.25, 0.3) is 0 Å². The molecule has 0 aromatic rings. The fourth-order valence-electron chi connectivity index (χ4n) is 2.29. The van der Waals surface area contributed by atoms with Gasteiger partial charge < -0.3 is 5.73 Å². The standard InChI is InChI=1S/C10H21N3/c11-4-5-12-6-8-13(9-7-12)10-2-1-3-10/h10H,1-9,11H2. The second-order valence-electron chi connectivity index (χ2n) is 4.25. The molecule has 3 nitrogen and oxygen atoms in total. The van der Waals surface area contributed by atoms with E-state index in [9.17, 15) is 0 Å². The zero-order chi connectivity index (χ0) is 9.10. The van der Waals surface area contributed by atoms with Crippen molar-refractivity contribution in [1.82, 2.24) is 9.80 Å². The molecule has 13 heavy (non-hydrogen) atoms. The SMILES string of the molecule is NCCN1CCN(C2CCC2)CC1. The molecule has 0 amide bonds. The first-order valence-electron chi connectivity index (χ1n) is 5.56. The lowest BCUT2D eigenvalue weighted by Crippen LogP contribution is -2.52. The topological polar surface area (TPSA) is 32.5 Å². The van der Waals surface area contributed by atoms with Crippen LogP contribution in [0.3, 0.4) is 0 Å². The summed E-state index contributed by atoms with van der Waals surface area (Å²) in [5.41, 5.74) is 5.54. The van der Waals surface area contributed by atoms with Gasteiger partial charge in [-0.05, 0) is 12.8 Å². The molecule has 1 aliphatic heterocycles. The highest BCUT2D eigenvalue weighted by Crippen LogP contribution is 2.25. The third kappa shape index (κ3) is 2.22. The van der Waals surface area contributed by atoms with Crippen LogP contribution in [0.2, 0.25) is 0 Å². The van der Waals surface area contributed by atoms with Crippen molar-refractivity contribution >= 4 is 0 Å². The lowest BCUT2D eigenvalue weighted by Gasteiger charge is -2.42. The molecule has 3 heteroatoms. The minimum absolute atomic E-state index is 0.809. The van der Waals surface area contributed by atoms with Gasteiger partial charge in [0.25, 0.3) is 0 Å². The van der Waals surface area contributed by atoms with Gasteiger partial charge in [0.1, 0.15) is 0 Å². The summed E-state index contributed by atoms with van der Waals surface area (Å²) in [6.07, 6.45) is 4.33. The second-order valence-corrected chi connectivity index (χ2v) is 4.25. The average Bonchev–Trinajstić information content (AvgIpc) is 2.06. The van der Waals surface area contributed by atoms with Crippen LogP contribution in [0.1, 0.15) is 19.3 Å². The monoisotopic (exact) mass is 183 g/mol. The normalized spacial score (nSPS) is 27.5. The van der Waals surface area contributed by atoms with E-state index in [1.807, 2.05) is 0 Å². The van der Waals surface area contributed by atoms with Crippen molar-refractivity contribution in [3.63, 3.8) is 0 Å². The molecule has 0 atom stereocenters. The molecule has 0 aromatic heterocycles. The fraction of sp³-hybridized carbons (Fsp3) is 1.00. The number of nitrogens with zero attached hydrogens (tertiary/aromatic N) is 2. The first-order chi connectivity index (χ1) is 6.40. The van der Waals surface area contributed by atoms with Gasteiger partial charge in [-0.1, -0.05) is 6.42 Å². The number of piperazine rings is 1. The van der Waals surface area contributed by atoms with E-state index in [0.29, 0.717) is 0 Å². The molecule has 2 N–H and O–H groups in total. The Morgan fingerprint density at radius 3 is 2.23 bits per heavy atom. The Balaban J connectivity index is 1.69. The van der Waals surface area contributed by atoms with Crippen molar-refractivity contribution in [3.05, 3.63) is 0 Å². The Morgan fingerprint density at radius 2 is 1.77 bits per heavy atom. The Hall–Kier alpha value is -0.120. The van der Waals surface area contributed by atoms with Gasteiger partial charge in [-0.15, -0.1) is 0 Å². The molecule has 1 heterocycles. The smallest absolute Gasteiger partial charge is 0.0113 e. The van der Waals surface area contributed by atoms with Gasteiger partial charge in [-0.25, -0.2) is 0 Å². The van der Waals surface area contributed by atoms with E-state index in [1.54, 1.807) is 0 Å². The highest BCUT2D eigenvalue weighted by atomic mass is 15.3. The van der Waals surface area contributed by atoms with Crippen LogP contribution >= 0.6 is 0 Å². The molecule has 2 fully saturated rings. The summed E-state index contributed by atoms with van der Waals surface area (Å²) in [6.45, 7) is 6.89. The predicted molar refractivity (Wildman–Crippen MR) is 54.7 cm³/mol. The highest BCUT2D eigenvalue weighted by Gasteiger charge is 2.27. The van der Waals surface area contributed by atoms with E-state index < -0.39 is 0 Å². The molecule has 0 unspecified atom stereocenters.